The van der Waals surface area contributed by atoms with Gasteiger partial charge in [0.1, 0.15) is 6.29 Å². The molecule has 0 saturated heterocycles. The lowest BCUT2D eigenvalue weighted by molar-refractivity contribution is -0.107. The molecule has 0 aliphatic carbocycles. The van der Waals surface area contributed by atoms with Gasteiger partial charge < -0.3 is 20.2 Å². The summed E-state index contributed by atoms with van der Waals surface area (Å²) in [6.45, 7) is 6.65. The molecule has 0 atom stereocenters. The van der Waals surface area contributed by atoms with E-state index in [9.17, 15) is 4.79 Å². The molecule has 4 nitrogen and oxygen atoms in total. The molecule has 0 aliphatic rings. The average Bonchev–Trinajstić information content (AvgIpc) is 2.16. The molecular weight excluding hydrogens is 168 g/mol. The molecule has 0 aromatic heterocycles. The molecule has 0 unspecified atom stereocenters. The third-order valence-electron chi connectivity index (χ3n) is 1.50. The van der Waals surface area contributed by atoms with Gasteiger partial charge in [0, 0.05) is 13.1 Å². The Kier molecular flexibility index (Phi) is 11.2. The molecule has 78 valence electrons. The van der Waals surface area contributed by atoms with Crippen LogP contribution in [0.3, 0.4) is 0 Å². The van der Waals surface area contributed by atoms with Gasteiger partial charge in [-0.05, 0) is 13.0 Å². The molecule has 0 aliphatic heterocycles. The maximum Gasteiger partial charge on any atom is 0.133 e. The normalized spacial score (nSPS) is 10.2. The van der Waals surface area contributed by atoms with Crippen LogP contribution in [0.4, 0.5) is 0 Å². The minimum absolute atomic E-state index is 0.414. The first-order chi connectivity index (χ1) is 6.41. The number of nitrogens with one attached hydrogen (secondary N) is 2. The van der Waals surface area contributed by atoms with Crippen molar-refractivity contribution in [1.29, 1.82) is 0 Å². The van der Waals surface area contributed by atoms with Crippen LogP contribution < -0.4 is 10.6 Å². The second-order valence-corrected chi connectivity index (χ2v) is 2.73. The van der Waals surface area contributed by atoms with Crippen molar-refractivity contribution in [2.45, 2.75) is 13.3 Å². The van der Waals surface area contributed by atoms with Crippen LogP contribution in [-0.2, 0) is 9.53 Å². The van der Waals surface area contributed by atoms with E-state index in [1.54, 1.807) is 0 Å². The summed E-state index contributed by atoms with van der Waals surface area (Å²) in [6, 6.07) is 0. The molecule has 0 rings (SSSR count). The zero-order valence-corrected chi connectivity index (χ0v) is 8.34. The van der Waals surface area contributed by atoms with E-state index < -0.39 is 0 Å². The van der Waals surface area contributed by atoms with Gasteiger partial charge in [0.05, 0.1) is 19.8 Å². The highest BCUT2D eigenvalue weighted by Gasteiger charge is 1.88. The van der Waals surface area contributed by atoms with Crippen molar-refractivity contribution in [2.24, 2.45) is 0 Å². The molecule has 0 saturated carbocycles. The Morgan fingerprint density at radius 1 is 1.15 bits per heavy atom. The van der Waals surface area contributed by atoms with Gasteiger partial charge in [0.25, 0.3) is 0 Å². The predicted octanol–water partition coefficient (Wildman–Crippen LogP) is -0.209. The predicted molar refractivity (Wildman–Crippen MR) is 52.9 cm³/mol. The first-order valence-corrected chi connectivity index (χ1v) is 4.84. The van der Waals surface area contributed by atoms with E-state index in [-0.39, 0.29) is 0 Å². The third-order valence-corrected chi connectivity index (χ3v) is 1.50. The van der Waals surface area contributed by atoms with Crippen molar-refractivity contribution in [2.75, 3.05) is 39.4 Å². The second-order valence-electron chi connectivity index (χ2n) is 2.73. The largest absolute Gasteiger partial charge is 0.379 e. The number of ether oxygens (including phenoxy) is 1. The number of aldehydes is 1. The van der Waals surface area contributed by atoms with Gasteiger partial charge in [-0.1, -0.05) is 6.92 Å². The maximum atomic E-state index is 9.90. The van der Waals surface area contributed by atoms with Gasteiger partial charge in [-0.25, -0.2) is 0 Å². The van der Waals surface area contributed by atoms with Gasteiger partial charge in [-0.3, -0.25) is 0 Å². The Morgan fingerprint density at radius 3 is 2.46 bits per heavy atom. The van der Waals surface area contributed by atoms with Crippen molar-refractivity contribution in [1.82, 2.24) is 10.6 Å². The fourth-order valence-corrected chi connectivity index (χ4v) is 0.854. The standard InChI is InChI=1S/C9H20N2O2/c1-2-3-10-5-8-13-9-6-11-4-7-12/h7,10-11H,2-6,8-9H2,1H3. The summed E-state index contributed by atoms with van der Waals surface area (Å²) in [6.07, 6.45) is 2.00. The molecule has 0 aromatic rings. The molecule has 0 heterocycles. The number of hydrogen-bond donors (Lipinski definition) is 2. The molecule has 0 radical (unpaired) electrons. The first kappa shape index (κ1) is 12.6. The molecule has 13 heavy (non-hydrogen) atoms. The van der Waals surface area contributed by atoms with Crippen molar-refractivity contribution < 1.29 is 9.53 Å². The van der Waals surface area contributed by atoms with E-state index in [1.807, 2.05) is 0 Å². The van der Waals surface area contributed by atoms with E-state index in [0.29, 0.717) is 13.2 Å². The van der Waals surface area contributed by atoms with E-state index in [0.717, 1.165) is 38.9 Å². The Balaban J connectivity index is 2.79. The lowest BCUT2D eigenvalue weighted by atomic mass is 10.5. The SMILES string of the molecule is CCCNCCOCCNCC=O. The van der Waals surface area contributed by atoms with Crippen LogP contribution in [0.5, 0.6) is 0 Å². The Hall–Kier alpha value is -0.450. The molecule has 0 bridgehead atoms. The average molecular weight is 188 g/mol. The highest BCUT2D eigenvalue weighted by molar-refractivity contribution is 5.51. The molecule has 0 amide bonds. The van der Waals surface area contributed by atoms with Crippen molar-refractivity contribution >= 4 is 6.29 Å². The molecule has 4 heteroatoms. The highest BCUT2D eigenvalue weighted by atomic mass is 16.5. The number of hydrogen-bond acceptors (Lipinski definition) is 4. The van der Waals surface area contributed by atoms with E-state index >= 15 is 0 Å². The summed E-state index contributed by atoms with van der Waals surface area (Å²) in [5.74, 6) is 0. The van der Waals surface area contributed by atoms with E-state index in [1.165, 1.54) is 0 Å². The molecule has 2 N–H and O–H groups in total. The topological polar surface area (TPSA) is 50.4 Å². The molecule has 0 aromatic carbocycles. The summed E-state index contributed by atoms with van der Waals surface area (Å²) in [7, 11) is 0. The van der Waals surface area contributed by atoms with Crippen LogP contribution in [0.25, 0.3) is 0 Å². The second kappa shape index (κ2) is 11.6. The monoisotopic (exact) mass is 188 g/mol. The van der Waals surface area contributed by atoms with Gasteiger partial charge in [-0.15, -0.1) is 0 Å². The van der Waals surface area contributed by atoms with Crippen LogP contribution in [0.1, 0.15) is 13.3 Å². The smallest absolute Gasteiger partial charge is 0.133 e. The summed E-state index contributed by atoms with van der Waals surface area (Å²) >= 11 is 0. The van der Waals surface area contributed by atoms with Crippen LogP contribution >= 0.6 is 0 Å². The lowest BCUT2D eigenvalue weighted by Gasteiger charge is -2.04. The Labute approximate surface area is 80.0 Å². The van der Waals surface area contributed by atoms with Gasteiger partial charge in [-0.2, -0.15) is 0 Å². The number of carbonyl (C=O) groups is 1. The molecule has 0 spiro atoms. The zero-order valence-electron chi connectivity index (χ0n) is 8.34. The van der Waals surface area contributed by atoms with E-state index in [2.05, 4.69) is 17.6 Å². The van der Waals surface area contributed by atoms with Crippen LogP contribution in [0.15, 0.2) is 0 Å². The van der Waals surface area contributed by atoms with Crippen molar-refractivity contribution in [3.8, 4) is 0 Å². The fourth-order valence-electron chi connectivity index (χ4n) is 0.854. The Morgan fingerprint density at radius 2 is 1.85 bits per heavy atom. The molecule has 0 fully saturated rings. The van der Waals surface area contributed by atoms with Crippen LogP contribution in [-0.4, -0.2) is 45.7 Å². The third kappa shape index (κ3) is 11.5. The van der Waals surface area contributed by atoms with Crippen molar-refractivity contribution in [3.63, 3.8) is 0 Å². The first-order valence-electron chi connectivity index (χ1n) is 4.84. The minimum atomic E-state index is 0.414. The van der Waals surface area contributed by atoms with Gasteiger partial charge in [0.15, 0.2) is 0 Å². The van der Waals surface area contributed by atoms with Gasteiger partial charge in [0.2, 0.25) is 0 Å². The number of rotatable bonds is 10. The van der Waals surface area contributed by atoms with Crippen LogP contribution in [0.2, 0.25) is 0 Å². The zero-order chi connectivity index (χ0) is 9.78. The summed E-state index contributed by atoms with van der Waals surface area (Å²) in [4.78, 5) is 9.90. The van der Waals surface area contributed by atoms with E-state index in [4.69, 9.17) is 4.74 Å². The lowest BCUT2D eigenvalue weighted by Crippen LogP contribution is -2.24. The Bertz CT molecular complexity index is 110. The minimum Gasteiger partial charge on any atom is -0.379 e. The maximum absolute atomic E-state index is 9.90. The van der Waals surface area contributed by atoms with Crippen LogP contribution in [0, 0.1) is 0 Å². The summed E-state index contributed by atoms with van der Waals surface area (Å²) < 4.78 is 5.29. The quantitative estimate of drug-likeness (QED) is 0.368. The summed E-state index contributed by atoms with van der Waals surface area (Å²) in [5.41, 5.74) is 0. The van der Waals surface area contributed by atoms with Crippen molar-refractivity contribution in [3.05, 3.63) is 0 Å². The van der Waals surface area contributed by atoms with Gasteiger partial charge >= 0.3 is 0 Å². The molecular formula is C9H20N2O2. The fraction of sp³-hybridized carbons (Fsp3) is 0.889. The number of carbonyl (C=O) groups excluding carboxylic acids is 1. The highest BCUT2D eigenvalue weighted by Crippen LogP contribution is 1.73. The summed E-state index contributed by atoms with van der Waals surface area (Å²) in [5, 5.41) is 6.16.